The van der Waals surface area contributed by atoms with Crippen LogP contribution in [0, 0.1) is 0 Å². The number of hydrogen-bond donors (Lipinski definition) is 1. The van der Waals surface area contributed by atoms with E-state index in [9.17, 15) is 0 Å². The van der Waals surface area contributed by atoms with Crippen molar-refractivity contribution in [2.75, 3.05) is 12.3 Å². The van der Waals surface area contributed by atoms with E-state index in [1.165, 1.54) is 31.6 Å². The molecule has 2 rings (SSSR count). The monoisotopic (exact) mass is 217 g/mol. The fourth-order valence-corrected chi connectivity index (χ4v) is 5.12. The van der Waals surface area contributed by atoms with Gasteiger partial charge in [-0.1, -0.05) is 6.92 Å². The highest BCUT2D eigenvalue weighted by Crippen LogP contribution is 2.45. The number of rotatable bonds is 1. The van der Waals surface area contributed by atoms with Crippen molar-refractivity contribution in [3.05, 3.63) is 0 Å². The number of thioether (sulfide) groups is 2. The third kappa shape index (κ3) is 2.18. The van der Waals surface area contributed by atoms with Crippen LogP contribution in [0.4, 0.5) is 0 Å². The van der Waals surface area contributed by atoms with E-state index in [0.29, 0.717) is 10.1 Å². The van der Waals surface area contributed by atoms with Crippen molar-refractivity contribution in [2.45, 2.75) is 48.5 Å². The van der Waals surface area contributed by atoms with Gasteiger partial charge in [-0.2, -0.15) is 11.8 Å². The molecule has 0 bridgehead atoms. The SMILES string of the molecule is CC1CCNC(C2(C)CCCS2)S1. The average Bonchev–Trinajstić information content (AvgIpc) is 2.54. The molecular weight excluding hydrogens is 198 g/mol. The highest BCUT2D eigenvalue weighted by molar-refractivity contribution is 8.04. The molecule has 2 aliphatic heterocycles. The van der Waals surface area contributed by atoms with Crippen molar-refractivity contribution < 1.29 is 0 Å². The van der Waals surface area contributed by atoms with Gasteiger partial charge >= 0.3 is 0 Å². The molecule has 2 heterocycles. The molecule has 0 saturated carbocycles. The third-order valence-electron chi connectivity index (χ3n) is 3.05. The van der Waals surface area contributed by atoms with E-state index in [1.807, 2.05) is 0 Å². The van der Waals surface area contributed by atoms with Crippen molar-refractivity contribution in [1.82, 2.24) is 5.32 Å². The molecule has 3 heteroatoms. The van der Waals surface area contributed by atoms with Crippen LogP contribution in [-0.4, -0.2) is 27.7 Å². The molecule has 0 aromatic rings. The van der Waals surface area contributed by atoms with E-state index in [2.05, 4.69) is 42.7 Å². The fraction of sp³-hybridized carbons (Fsp3) is 1.00. The highest BCUT2D eigenvalue weighted by atomic mass is 32.2. The molecule has 0 aromatic heterocycles. The van der Waals surface area contributed by atoms with Crippen LogP contribution >= 0.6 is 23.5 Å². The summed E-state index contributed by atoms with van der Waals surface area (Å²) in [6, 6.07) is 0. The Kier molecular flexibility index (Phi) is 3.16. The van der Waals surface area contributed by atoms with E-state index < -0.39 is 0 Å². The summed E-state index contributed by atoms with van der Waals surface area (Å²) >= 11 is 4.32. The third-order valence-corrected chi connectivity index (χ3v) is 6.45. The summed E-state index contributed by atoms with van der Waals surface area (Å²) in [4.78, 5) is 0. The molecule has 13 heavy (non-hydrogen) atoms. The zero-order chi connectivity index (χ0) is 9.31. The van der Waals surface area contributed by atoms with Gasteiger partial charge in [-0.15, -0.1) is 11.8 Å². The van der Waals surface area contributed by atoms with Crippen molar-refractivity contribution in [1.29, 1.82) is 0 Å². The summed E-state index contributed by atoms with van der Waals surface area (Å²) in [5.74, 6) is 1.36. The summed E-state index contributed by atoms with van der Waals surface area (Å²) in [6.45, 7) is 6.02. The first-order valence-corrected chi connectivity index (χ1v) is 7.16. The second kappa shape index (κ2) is 4.03. The molecule has 3 unspecified atom stereocenters. The van der Waals surface area contributed by atoms with Crippen LogP contribution in [-0.2, 0) is 0 Å². The van der Waals surface area contributed by atoms with E-state index in [-0.39, 0.29) is 0 Å². The van der Waals surface area contributed by atoms with Crippen molar-refractivity contribution >= 4 is 23.5 Å². The van der Waals surface area contributed by atoms with Crippen molar-refractivity contribution in [3.8, 4) is 0 Å². The summed E-state index contributed by atoms with van der Waals surface area (Å²) in [5.41, 5.74) is 0. The van der Waals surface area contributed by atoms with Crippen LogP contribution in [0.5, 0.6) is 0 Å². The van der Waals surface area contributed by atoms with Gasteiger partial charge in [0.05, 0.1) is 5.37 Å². The van der Waals surface area contributed by atoms with E-state index >= 15 is 0 Å². The predicted molar refractivity (Wildman–Crippen MR) is 63.6 cm³/mol. The molecule has 2 aliphatic rings. The predicted octanol–water partition coefficient (Wildman–Crippen LogP) is 2.71. The summed E-state index contributed by atoms with van der Waals surface area (Å²) in [7, 11) is 0. The van der Waals surface area contributed by atoms with Crippen LogP contribution in [0.1, 0.15) is 33.1 Å². The van der Waals surface area contributed by atoms with E-state index in [0.717, 1.165) is 5.25 Å². The van der Waals surface area contributed by atoms with Crippen LogP contribution < -0.4 is 5.32 Å². The second-order valence-corrected chi connectivity index (χ2v) is 7.51. The Morgan fingerprint density at radius 1 is 1.46 bits per heavy atom. The molecule has 2 saturated heterocycles. The smallest absolute Gasteiger partial charge is 0.0681 e. The standard InChI is InChI=1S/C10H19NS2/c1-8-4-6-11-9(13-8)10(2)5-3-7-12-10/h8-9,11H,3-7H2,1-2H3. The Labute approximate surface area is 89.8 Å². The summed E-state index contributed by atoms with van der Waals surface area (Å²) < 4.78 is 0.513. The maximum atomic E-state index is 3.67. The molecular formula is C10H19NS2. The Morgan fingerprint density at radius 2 is 2.31 bits per heavy atom. The number of hydrogen-bond acceptors (Lipinski definition) is 3. The lowest BCUT2D eigenvalue weighted by molar-refractivity contribution is 0.481. The minimum atomic E-state index is 0.513. The zero-order valence-corrected chi connectivity index (χ0v) is 10.1. The average molecular weight is 217 g/mol. The normalized spacial score (nSPS) is 46.6. The van der Waals surface area contributed by atoms with E-state index in [1.54, 1.807) is 0 Å². The fourth-order valence-electron chi connectivity index (χ4n) is 2.13. The van der Waals surface area contributed by atoms with Gasteiger partial charge in [-0.05, 0) is 38.5 Å². The van der Waals surface area contributed by atoms with Crippen molar-refractivity contribution in [3.63, 3.8) is 0 Å². The molecule has 3 atom stereocenters. The molecule has 0 aliphatic carbocycles. The molecule has 1 nitrogen and oxygen atoms in total. The van der Waals surface area contributed by atoms with Crippen LogP contribution in [0.3, 0.4) is 0 Å². The summed E-state index contributed by atoms with van der Waals surface area (Å²) in [6.07, 6.45) is 4.14. The lowest BCUT2D eigenvalue weighted by Crippen LogP contribution is -2.47. The van der Waals surface area contributed by atoms with Gasteiger partial charge in [0.15, 0.2) is 0 Å². The molecule has 1 N–H and O–H groups in total. The van der Waals surface area contributed by atoms with Gasteiger partial charge < -0.3 is 5.32 Å². The van der Waals surface area contributed by atoms with Gasteiger partial charge in [-0.3, -0.25) is 0 Å². The first-order valence-electron chi connectivity index (χ1n) is 5.23. The second-order valence-electron chi connectivity index (χ2n) is 4.33. The molecule has 0 spiro atoms. The molecule has 2 fully saturated rings. The van der Waals surface area contributed by atoms with Gasteiger partial charge in [0.1, 0.15) is 0 Å². The van der Waals surface area contributed by atoms with Gasteiger partial charge in [0.25, 0.3) is 0 Å². The maximum Gasteiger partial charge on any atom is 0.0681 e. The Hall–Kier alpha value is 0.660. The molecule has 76 valence electrons. The topological polar surface area (TPSA) is 12.0 Å². The van der Waals surface area contributed by atoms with Crippen molar-refractivity contribution in [2.24, 2.45) is 0 Å². The lowest BCUT2D eigenvalue weighted by Gasteiger charge is -2.38. The van der Waals surface area contributed by atoms with Crippen LogP contribution in [0.15, 0.2) is 0 Å². The van der Waals surface area contributed by atoms with E-state index in [4.69, 9.17) is 0 Å². The summed E-state index contributed by atoms with van der Waals surface area (Å²) in [5, 5.41) is 5.22. The van der Waals surface area contributed by atoms with Gasteiger partial charge in [0, 0.05) is 10.00 Å². The zero-order valence-electron chi connectivity index (χ0n) is 8.51. The Balaban J connectivity index is 1.98. The maximum absolute atomic E-state index is 3.67. The largest absolute Gasteiger partial charge is 0.304 e. The minimum Gasteiger partial charge on any atom is -0.304 e. The minimum absolute atomic E-state index is 0.513. The number of nitrogens with one attached hydrogen (secondary N) is 1. The van der Waals surface area contributed by atoms with Gasteiger partial charge in [-0.25, -0.2) is 0 Å². The Morgan fingerprint density at radius 3 is 2.92 bits per heavy atom. The van der Waals surface area contributed by atoms with Gasteiger partial charge in [0.2, 0.25) is 0 Å². The first-order chi connectivity index (χ1) is 6.21. The van der Waals surface area contributed by atoms with Crippen LogP contribution in [0.2, 0.25) is 0 Å². The first kappa shape index (κ1) is 10.2. The van der Waals surface area contributed by atoms with Crippen LogP contribution in [0.25, 0.3) is 0 Å². The quantitative estimate of drug-likeness (QED) is 0.725. The molecule has 0 radical (unpaired) electrons. The molecule has 0 aromatic carbocycles. The lowest BCUT2D eigenvalue weighted by atomic mass is 10.1. The Bertz CT molecular complexity index is 178. The highest BCUT2D eigenvalue weighted by Gasteiger charge is 2.39. The molecule has 0 amide bonds.